The predicted molar refractivity (Wildman–Crippen MR) is 87.9 cm³/mol. The van der Waals surface area contributed by atoms with Gasteiger partial charge in [0.05, 0.1) is 5.41 Å². The minimum Gasteiger partial charge on any atom is -0.344 e. The molecule has 3 nitrogen and oxygen atoms in total. The first kappa shape index (κ1) is 17.5. The summed E-state index contributed by atoms with van der Waals surface area (Å²) in [6.07, 6.45) is 5.63. The van der Waals surface area contributed by atoms with Gasteiger partial charge in [0.1, 0.15) is 0 Å². The molecule has 1 aromatic heterocycles. The van der Waals surface area contributed by atoms with Crippen LogP contribution in [0.5, 0.6) is 0 Å². The van der Waals surface area contributed by atoms with Crippen molar-refractivity contribution < 1.29 is 4.79 Å². The number of hydrogen-bond acceptors (Lipinski definition) is 3. The quantitative estimate of drug-likeness (QED) is 0.905. The van der Waals surface area contributed by atoms with Crippen LogP contribution in [0.15, 0.2) is 17.5 Å². The van der Waals surface area contributed by atoms with Gasteiger partial charge in [0, 0.05) is 25.0 Å². The van der Waals surface area contributed by atoms with E-state index in [9.17, 15) is 4.79 Å². The molecule has 1 N–H and O–H groups in total. The van der Waals surface area contributed by atoms with Crippen molar-refractivity contribution in [2.45, 2.75) is 37.5 Å². The van der Waals surface area contributed by atoms with Crippen LogP contribution < -0.4 is 5.32 Å². The van der Waals surface area contributed by atoms with Crippen LogP contribution in [0, 0.1) is 0 Å². The number of thiophene rings is 1. The van der Waals surface area contributed by atoms with Crippen LogP contribution in [-0.2, 0) is 10.2 Å². The van der Waals surface area contributed by atoms with E-state index in [-0.39, 0.29) is 17.8 Å². The molecule has 5 heteroatoms. The van der Waals surface area contributed by atoms with Gasteiger partial charge in [-0.3, -0.25) is 4.79 Å². The van der Waals surface area contributed by atoms with Gasteiger partial charge >= 0.3 is 0 Å². The Morgan fingerprint density at radius 2 is 2.10 bits per heavy atom. The summed E-state index contributed by atoms with van der Waals surface area (Å²) in [4.78, 5) is 16.1. The molecule has 0 aliphatic heterocycles. The zero-order valence-corrected chi connectivity index (χ0v) is 14.0. The van der Waals surface area contributed by atoms with Gasteiger partial charge < -0.3 is 10.2 Å². The van der Waals surface area contributed by atoms with Crippen LogP contribution in [-0.4, -0.2) is 38.0 Å². The van der Waals surface area contributed by atoms with E-state index in [2.05, 4.69) is 22.8 Å². The second kappa shape index (κ2) is 8.01. The van der Waals surface area contributed by atoms with Crippen molar-refractivity contribution in [3.05, 3.63) is 22.4 Å². The van der Waals surface area contributed by atoms with Gasteiger partial charge in [-0.25, -0.2) is 0 Å². The van der Waals surface area contributed by atoms with E-state index in [1.807, 2.05) is 19.0 Å². The molecule has 1 amide bonds. The van der Waals surface area contributed by atoms with Crippen molar-refractivity contribution in [2.75, 3.05) is 27.2 Å². The fourth-order valence-corrected chi connectivity index (χ4v) is 4.00. The molecule has 2 rings (SSSR count). The summed E-state index contributed by atoms with van der Waals surface area (Å²) in [5.41, 5.74) is -0.241. The molecule has 20 heavy (non-hydrogen) atoms. The standard InChI is InChI=1S/C15H24N2OS.ClH/c1-16-10-11-17(2)14(18)15(8-4-3-5-9-15)13-7-6-12-19-13;/h6-7,12,16H,3-5,8-11H2,1-2H3;1H. The Morgan fingerprint density at radius 1 is 1.40 bits per heavy atom. The molecule has 0 bridgehead atoms. The maximum Gasteiger partial charge on any atom is 0.233 e. The molecular weight excluding hydrogens is 292 g/mol. The third-order valence-electron chi connectivity index (χ3n) is 4.15. The Morgan fingerprint density at radius 3 is 2.65 bits per heavy atom. The molecule has 1 fully saturated rings. The van der Waals surface area contributed by atoms with Gasteiger partial charge in [-0.2, -0.15) is 0 Å². The maximum absolute atomic E-state index is 12.9. The summed E-state index contributed by atoms with van der Waals surface area (Å²) in [6.45, 7) is 1.63. The second-order valence-electron chi connectivity index (χ2n) is 5.45. The molecular formula is C15H25ClN2OS. The highest BCUT2D eigenvalue weighted by Gasteiger charge is 2.43. The number of nitrogens with one attached hydrogen (secondary N) is 1. The number of likely N-dealkylation sites (N-methyl/N-ethyl adjacent to an activating group) is 2. The van der Waals surface area contributed by atoms with E-state index in [0.29, 0.717) is 5.91 Å². The molecule has 0 spiro atoms. The number of carbonyl (C=O) groups is 1. The molecule has 1 aromatic rings. The van der Waals surface area contributed by atoms with Gasteiger partial charge in [0.25, 0.3) is 0 Å². The molecule has 1 heterocycles. The van der Waals surface area contributed by atoms with Crippen molar-refractivity contribution >= 4 is 29.7 Å². The zero-order valence-electron chi connectivity index (χ0n) is 12.4. The monoisotopic (exact) mass is 316 g/mol. The summed E-state index contributed by atoms with van der Waals surface area (Å²) >= 11 is 1.73. The van der Waals surface area contributed by atoms with Crippen LogP contribution >= 0.6 is 23.7 Å². The molecule has 1 saturated carbocycles. The number of amides is 1. The lowest BCUT2D eigenvalue weighted by Crippen LogP contribution is -2.47. The fourth-order valence-electron chi connectivity index (χ4n) is 3.02. The molecule has 0 radical (unpaired) electrons. The first-order valence-electron chi connectivity index (χ1n) is 7.15. The van der Waals surface area contributed by atoms with Gasteiger partial charge in [-0.1, -0.05) is 25.3 Å². The summed E-state index contributed by atoms with van der Waals surface area (Å²) in [6, 6.07) is 4.21. The number of carbonyl (C=O) groups excluding carboxylic acids is 1. The number of hydrogen-bond donors (Lipinski definition) is 1. The molecule has 1 aliphatic rings. The predicted octanol–water partition coefficient (Wildman–Crippen LogP) is 3.05. The third kappa shape index (κ3) is 3.54. The largest absolute Gasteiger partial charge is 0.344 e. The minimum absolute atomic E-state index is 0. The van der Waals surface area contributed by atoms with E-state index >= 15 is 0 Å². The first-order chi connectivity index (χ1) is 9.20. The maximum atomic E-state index is 12.9. The lowest BCUT2D eigenvalue weighted by Gasteiger charge is -2.38. The molecule has 0 unspecified atom stereocenters. The summed E-state index contributed by atoms with van der Waals surface area (Å²) in [5.74, 6) is 0.310. The summed E-state index contributed by atoms with van der Waals surface area (Å²) in [7, 11) is 3.86. The molecule has 1 aliphatic carbocycles. The highest BCUT2D eigenvalue weighted by molar-refractivity contribution is 7.10. The Hall–Kier alpha value is -0.580. The smallest absolute Gasteiger partial charge is 0.233 e. The van der Waals surface area contributed by atoms with Gasteiger partial charge in [0.15, 0.2) is 0 Å². The van der Waals surface area contributed by atoms with Crippen molar-refractivity contribution in [1.29, 1.82) is 0 Å². The SMILES string of the molecule is CNCCN(C)C(=O)C1(c2cccs2)CCCCC1.Cl. The van der Waals surface area contributed by atoms with E-state index in [0.717, 1.165) is 25.9 Å². The highest BCUT2D eigenvalue weighted by atomic mass is 35.5. The number of halogens is 1. The first-order valence-corrected chi connectivity index (χ1v) is 8.03. The second-order valence-corrected chi connectivity index (χ2v) is 6.40. The van der Waals surface area contributed by atoms with Crippen LogP contribution in [0.1, 0.15) is 37.0 Å². The third-order valence-corrected chi connectivity index (χ3v) is 5.23. The van der Waals surface area contributed by atoms with Crippen molar-refractivity contribution in [2.24, 2.45) is 0 Å². The van der Waals surface area contributed by atoms with E-state index in [1.54, 1.807) is 11.3 Å². The number of rotatable bonds is 5. The normalized spacial score (nSPS) is 17.3. The topological polar surface area (TPSA) is 32.3 Å². The Labute approximate surface area is 132 Å². The van der Waals surface area contributed by atoms with Crippen LogP contribution in [0.25, 0.3) is 0 Å². The van der Waals surface area contributed by atoms with E-state index < -0.39 is 0 Å². The number of nitrogens with zero attached hydrogens (tertiary/aromatic N) is 1. The van der Waals surface area contributed by atoms with Crippen LogP contribution in [0.3, 0.4) is 0 Å². The highest BCUT2D eigenvalue weighted by Crippen LogP contribution is 2.42. The summed E-state index contributed by atoms with van der Waals surface area (Å²) in [5, 5.41) is 5.20. The average Bonchev–Trinajstić information content (AvgIpc) is 2.99. The van der Waals surface area contributed by atoms with Gasteiger partial charge in [-0.05, 0) is 31.3 Å². The minimum atomic E-state index is -0.241. The zero-order chi connectivity index (χ0) is 13.7. The fraction of sp³-hybridized carbons (Fsp3) is 0.667. The Kier molecular flexibility index (Phi) is 7.00. The van der Waals surface area contributed by atoms with Gasteiger partial charge in [-0.15, -0.1) is 23.7 Å². The molecule has 0 saturated heterocycles. The Balaban J connectivity index is 0.00000200. The van der Waals surface area contributed by atoms with E-state index in [4.69, 9.17) is 0 Å². The van der Waals surface area contributed by atoms with Crippen LogP contribution in [0.2, 0.25) is 0 Å². The molecule has 0 atom stereocenters. The van der Waals surface area contributed by atoms with E-state index in [1.165, 1.54) is 24.1 Å². The Bertz CT molecular complexity index is 402. The lowest BCUT2D eigenvalue weighted by molar-refractivity contribution is -0.137. The lowest BCUT2D eigenvalue weighted by atomic mass is 9.72. The van der Waals surface area contributed by atoms with Gasteiger partial charge in [0.2, 0.25) is 5.91 Å². The van der Waals surface area contributed by atoms with Crippen molar-refractivity contribution in [3.63, 3.8) is 0 Å². The molecule has 114 valence electrons. The van der Waals surface area contributed by atoms with Crippen molar-refractivity contribution in [1.82, 2.24) is 10.2 Å². The van der Waals surface area contributed by atoms with Crippen molar-refractivity contribution in [3.8, 4) is 0 Å². The summed E-state index contributed by atoms with van der Waals surface area (Å²) < 4.78 is 0. The molecule has 0 aromatic carbocycles. The average molecular weight is 317 g/mol. The van der Waals surface area contributed by atoms with Crippen LogP contribution in [0.4, 0.5) is 0 Å².